The maximum Gasteiger partial charge on any atom is 0.319 e. The van der Waals surface area contributed by atoms with Crippen molar-refractivity contribution >= 4 is 5.97 Å². The van der Waals surface area contributed by atoms with Gasteiger partial charge in [0.05, 0.1) is 5.60 Å². The molecule has 0 bridgehead atoms. The lowest BCUT2D eigenvalue weighted by Crippen LogP contribution is -2.54. The van der Waals surface area contributed by atoms with Crippen LogP contribution in [-0.4, -0.2) is 16.7 Å². The van der Waals surface area contributed by atoms with Crippen molar-refractivity contribution in [3.05, 3.63) is 71.3 Å². The average molecular weight is 322 g/mol. The molecule has 1 N–H and O–H groups in total. The Labute approximate surface area is 142 Å². The maximum absolute atomic E-state index is 13.1. The van der Waals surface area contributed by atoms with Gasteiger partial charge in [0, 0.05) is 6.42 Å². The molecule has 2 aliphatic carbocycles. The predicted octanol–water partition coefficient (Wildman–Crippen LogP) is 3.38. The van der Waals surface area contributed by atoms with Crippen LogP contribution in [0.2, 0.25) is 0 Å². The molecule has 2 aromatic carbocycles. The molecule has 0 heterocycles. The van der Waals surface area contributed by atoms with E-state index in [1.807, 2.05) is 61.5 Å². The first-order valence-corrected chi connectivity index (χ1v) is 8.57. The number of rotatable bonds is 4. The number of hydrogen-bond acceptors (Lipinski definition) is 3. The Hall–Kier alpha value is -2.13. The molecule has 124 valence electrons. The Morgan fingerprint density at radius 2 is 1.79 bits per heavy atom. The molecule has 0 aromatic heterocycles. The molecule has 24 heavy (non-hydrogen) atoms. The van der Waals surface area contributed by atoms with Gasteiger partial charge in [0.25, 0.3) is 0 Å². The van der Waals surface area contributed by atoms with Gasteiger partial charge in [-0.1, -0.05) is 54.6 Å². The van der Waals surface area contributed by atoms with E-state index in [4.69, 9.17) is 4.74 Å². The highest BCUT2D eigenvalue weighted by Gasteiger charge is 2.65. The number of ether oxygens (including phenoxy) is 1. The molecule has 0 saturated heterocycles. The van der Waals surface area contributed by atoms with Crippen LogP contribution in [0.15, 0.2) is 54.6 Å². The number of esters is 1. The molecule has 3 nitrogen and oxygen atoms in total. The maximum atomic E-state index is 13.1. The van der Waals surface area contributed by atoms with Crippen molar-refractivity contribution in [2.75, 3.05) is 0 Å². The molecular weight excluding hydrogens is 300 g/mol. The number of benzene rings is 2. The summed E-state index contributed by atoms with van der Waals surface area (Å²) in [6, 6.07) is 17.5. The zero-order valence-electron chi connectivity index (χ0n) is 13.9. The van der Waals surface area contributed by atoms with Crippen LogP contribution in [0.1, 0.15) is 36.5 Å². The summed E-state index contributed by atoms with van der Waals surface area (Å²) in [6.07, 6.45) is 2.49. The quantitative estimate of drug-likeness (QED) is 0.878. The second-order valence-corrected chi connectivity index (χ2v) is 7.22. The van der Waals surface area contributed by atoms with Crippen molar-refractivity contribution in [1.29, 1.82) is 0 Å². The molecule has 4 rings (SSSR count). The van der Waals surface area contributed by atoms with Crippen molar-refractivity contribution in [3.8, 4) is 0 Å². The van der Waals surface area contributed by atoms with E-state index in [1.165, 1.54) is 0 Å². The van der Waals surface area contributed by atoms with Crippen LogP contribution in [-0.2, 0) is 28.0 Å². The summed E-state index contributed by atoms with van der Waals surface area (Å²) in [7, 11) is 0. The zero-order chi connectivity index (χ0) is 16.8. The van der Waals surface area contributed by atoms with Gasteiger partial charge >= 0.3 is 5.97 Å². The molecule has 2 aliphatic rings. The van der Waals surface area contributed by atoms with E-state index >= 15 is 0 Å². The largest absolute Gasteiger partial charge is 0.460 e. The van der Waals surface area contributed by atoms with Gasteiger partial charge in [-0.3, -0.25) is 4.79 Å². The monoisotopic (exact) mass is 322 g/mol. The summed E-state index contributed by atoms with van der Waals surface area (Å²) in [4.78, 5) is 13.1. The van der Waals surface area contributed by atoms with Crippen LogP contribution >= 0.6 is 0 Å². The van der Waals surface area contributed by atoms with Gasteiger partial charge in [0.15, 0.2) is 0 Å². The van der Waals surface area contributed by atoms with E-state index < -0.39 is 11.0 Å². The second kappa shape index (κ2) is 5.45. The highest BCUT2D eigenvalue weighted by molar-refractivity contribution is 5.87. The van der Waals surface area contributed by atoms with Gasteiger partial charge < -0.3 is 9.84 Å². The van der Waals surface area contributed by atoms with Crippen molar-refractivity contribution in [3.63, 3.8) is 0 Å². The van der Waals surface area contributed by atoms with Gasteiger partial charge in [-0.15, -0.1) is 0 Å². The first-order valence-electron chi connectivity index (χ1n) is 8.57. The number of carbonyl (C=O) groups excluding carboxylic acids is 1. The van der Waals surface area contributed by atoms with Crippen molar-refractivity contribution in [2.45, 2.75) is 43.8 Å². The van der Waals surface area contributed by atoms with E-state index in [1.54, 1.807) is 0 Å². The molecule has 2 aromatic rings. The lowest BCUT2D eigenvalue weighted by molar-refractivity contribution is -0.164. The number of hydrogen-bond donors (Lipinski definition) is 1. The van der Waals surface area contributed by atoms with Crippen LogP contribution in [0, 0.1) is 5.92 Å². The molecule has 0 unspecified atom stereocenters. The summed E-state index contributed by atoms with van der Waals surface area (Å²) in [5.41, 5.74) is 0.892. The smallest absolute Gasteiger partial charge is 0.319 e. The number of aliphatic hydroxyl groups is 1. The SMILES string of the molecule is C[C@@]1(C(=O)OCc2ccccc2)c2ccccc2C[C@@]1(O)C1CC1. The summed E-state index contributed by atoms with van der Waals surface area (Å²) >= 11 is 0. The van der Waals surface area contributed by atoms with E-state index in [0.717, 1.165) is 29.5 Å². The topological polar surface area (TPSA) is 46.5 Å². The van der Waals surface area contributed by atoms with E-state index in [2.05, 4.69) is 0 Å². The molecule has 2 atom stereocenters. The minimum Gasteiger partial charge on any atom is -0.460 e. The fourth-order valence-electron chi connectivity index (χ4n) is 4.13. The Bertz CT molecular complexity index is 766. The van der Waals surface area contributed by atoms with Crippen molar-refractivity contribution < 1.29 is 14.6 Å². The highest BCUT2D eigenvalue weighted by atomic mass is 16.5. The molecule has 0 aliphatic heterocycles. The molecule has 0 amide bonds. The zero-order valence-corrected chi connectivity index (χ0v) is 13.9. The summed E-state index contributed by atoms with van der Waals surface area (Å²) in [5.74, 6) is -0.148. The lowest BCUT2D eigenvalue weighted by atomic mass is 9.70. The Morgan fingerprint density at radius 1 is 1.12 bits per heavy atom. The standard InChI is InChI=1S/C21H22O3/c1-20(19(22)24-14-15-7-3-2-4-8-15)18-10-6-5-9-16(18)13-21(20,23)17-11-12-17/h2-10,17,23H,11-14H2,1H3/t20-,21+/m0/s1. The normalized spacial score (nSPS) is 28.4. The third-order valence-electron chi connectivity index (χ3n) is 5.76. The van der Waals surface area contributed by atoms with Gasteiger partial charge in [-0.2, -0.15) is 0 Å². The molecule has 1 fully saturated rings. The molecule has 0 spiro atoms. The van der Waals surface area contributed by atoms with Crippen LogP contribution in [0.25, 0.3) is 0 Å². The summed E-state index contributed by atoms with van der Waals surface area (Å²) in [5, 5.41) is 11.4. The van der Waals surface area contributed by atoms with Gasteiger partial charge in [-0.05, 0) is 42.4 Å². The predicted molar refractivity (Wildman–Crippen MR) is 91.4 cm³/mol. The molecule has 0 radical (unpaired) electrons. The van der Waals surface area contributed by atoms with Gasteiger partial charge in [0.2, 0.25) is 0 Å². The Morgan fingerprint density at radius 3 is 2.50 bits per heavy atom. The molecular formula is C21H22O3. The van der Waals surface area contributed by atoms with Gasteiger partial charge in [-0.25, -0.2) is 0 Å². The van der Waals surface area contributed by atoms with E-state index in [9.17, 15) is 9.90 Å². The van der Waals surface area contributed by atoms with Crippen LogP contribution in [0.5, 0.6) is 0 Å². The van der Waals surface area contributed by atoms with E-state index in [-0.39, 0.29) is 18.5 Å². The second-order valence-electron chi connectivity index (χ2n) is 7.22. The number of carbonyl (C=O) groups is 1. The first kappa shape index (κ1) is 15.4. The van der Waals surface area contributed by atoms with Crippen molar-refractivity contribution in [1.82, 2.24) is 0 Å². The summed E-state index contributed by atoms with van der Waals surface area (Å²) < 4.78 is 5.65. The third-order valence-corrected chi connectivity index (χ3v) is 5.76. The molecule has 3 heteroatoms. The minimum absolute atomic E-state index is 0.180. The van der Waals surface area contributed by atoms with Gasteiger partial charge in [0.1, 0.15) is 12.0 Å². The third kappa shape index (κ3) is 2.19. The van der Waals surface area contributed by atoms with Crippen LogP contribution in [0.3, 0.4) is 0 Å². The van der Waals surface area contributed by atoms with Crippen LogP contribution in [0.4, 0.5) is 0 Å². The Kier molecular flexibility index (Phi) is 3.50. The fourth-order valence-corrected chi connectivity index (χ4v) is 4.13. The Balaban J connectivity index is 1.66. The lowest BCUT2D eigenvalue weighted by Gasteiger charge is -2.38. The molecule has 1 saturated carbocycles. The minimum atomic E-state index is -1.04. The van der Waals surface area contributed by atoms with Crippen molar-refractivity contribution in [2.24, 2.45) is 5.92 Å². The number of fused-ring (bicyclic) bond motifs is 1. The average Bonchev–Trinajstić information content (AvgIpc) is 3.42. The summed E-state index contributed by atoms with van der Waals surface area (Å²) in [6.45, 7) is 2.09. The van der Waals surface area contributed by atoms with E-state index in [0.29, 0.717) is 6.42 Å². The van der Waals surface area contributed by atoms with Crippen LogP contribution < -0.4 is 0 Å². The first-order chi connectivity index (χ1) is 11.6. The fraction of sp³-hybridized carbons (Fsp3) is 0.381. The highest BCUT2D eigenvalue weighted by Crippen LogP contribution is 2.56.